The van der Waals surface area contributed by atoms with Crippen LogP contribution in [-0.4, -0.2) is 9.97 Å². The van der Waals surface area contributed by atoms with Gasteiger partial charge in [-0.15, -0.1) is 0 Å². The summed E-state index contributed by atoms with van der Waals surface area (Å²) in [6, 6.07) is 7.45. The van der Waals surface area contributed by atoms with E-state index in [2.05, 4.69) is 15.3 Å². The van der Waals surface area contributed by atoms with Gasteiger partial charge in [-0.3, -0.25) is 4.79 Å². The molecule has 2 N–H and O–H groups in total. The number of aromatic amines is 1. The predicted molar refractivity (Wildman–Crippen MR) is 80.3 cm³/mol. The third kappa shape index (κ3) is 2.56. The second kappa shape index (κ2) is 5.29. The van der Waals surface area contributed by atoms with E-state index in [0.717, 1.165) is 36.3 Å². The summed E-state index contributed by atoms with van der Waals surface area (Å²) in [5, 5.41) is 4.01. The second-order valence-corrected chi connectivity index (χ2v) is 5.50. The molecule has 5 heteroatoms. The Kier molecular flexibility index (Phi) is 3.49. The minimum atomic E-state index is -0.0336. The summed E-state index contributed by atoms with van der Waals surface area (Å²) >= 11 is 5.88. The van der Waals surface area contributed by atoms with Crippen molar-refractivity contribution in [1.82, 2.24) is 9.97 Å². The number of aromatic nitrogens is 2. The lowest BCUT2D eigenvalue weighted by molar-refractivity contribution is 0.586. The van der Waals surface area contributed by atoms with Crippen molar-refractivity contribution in [3.8, 4) is 0 Å². The molecule has 0 radical (unpaired) electrons. The number of rotatable bonds is 2. The highest BCUT2D eigenvalue weighted by Gasteiger charge is 2.21. The molecule has 104 valence electrons. The van der Waals surface area contributed by atoms with Crippen LogP contribution in [-0.2, 0) is 6.42 Å². The van der Waals surface area contributed by atoms with Crippen molar-refractivity contribution < 1.29 is 0 Å². The fourth-order valence-corrected chi connectivity index (χ4v) is 2.91. The molecule has 20 heavy (non-hydrogen) atoms. The van der Waals surface area contributed by atoms with Gasteiger partial charge < -0.3 is 10.3 Å². The first-order valence-electron chi connectivity index (χ1n) is 6.75. The van der Waals surface area contributed by atoms with Gasteiger partial charge in [0.15, 0.2) is 0 Å². The van der Waals surface area contributed by atoms with E-state index in [9.17, 15) is 4.79 Å². The van der Waals surface area contributed by atoms with E-state index in [1.165, 1.54) is 5.56 Å². The molecule has 0 saturated carbocycles. The Morgan fingerprint density at radius 3 is 3.00 bits per heavy atom. The van der Waals surface area contributed by atoms with Crippen LogP contribution in [0.1, 0.15) is 35.8 Å². The van der Waals surface area contributed by atoms with Gasteiger partial charge in [-0.2, -0.15) is 0 Å². The largest absolute Gasteiger partial charge is 0.377 e. The lowest BCUT2D eigenvalue weighted by Crippen LogP contribution is -2.22. The van der Waals surface area contributed by atoms with Crippen molar-refractivity contribution in [3.63, 3.8) is 0 Å². The lowest BCUT2D eigenvalue weighted by atomic mass is 9.91. The normalized spacial score (nSPS) is 17.6. The summed E-state index contributed by atoms with van der Waals surface area (Å²) in [7, 11) is 0. The highest BCUT2D eigenvalue weighted by Crippen LogP contribution is 2.31. The van der Waals surface area contributed by atoms with E-state index in [1.807, 2.05) is 19.1 Å². The topological polar surface area (TPSA) is 57.8 Å². The molecule has 1 aliphatic rings. The number of fused-ring (bicyclic) bond motifs is 1. The van der Waals surface area contributed by atoms with E-state index in [4.69, 9.17) is 11.6 Å². The Morgan fingerprint density at radius 1 is 1.35 bits per heavy atom. The van der Waals surface area contributed by atoms with Crippen LogP contribution < -0.4 is 10.9 Å². The van der Waals surface area contributed by atoms with Gasteiger partial charge in [0, 0.05) is 11.8 Å². The van der Waals surface area contributed by atoms with E-state index in [-0.39, 0.29) is 11.6 Å². The average molecular weight is 290 g/mol. The number of hydrogen-bond acceptors (Lipinski definition) is 3. The van der Waals surface area contributed by atoms with E-state index in [0.29, 0.717) is 5.15 Å². The molecule has 2 heterocycles. The van der Waals surface area contributed by atoms with Gasteiger partial charge in [0.25, 0.3) is 0 Å². The second-order valence-electron chi connectivity index (χ2n) is 5.11. The zero-order valence-electron chi connectivity index (χ0n) is 11.2. The van der Waals surface area contributed by atoms with E-state index >= 15 is 0 Å². The fourth-order valence-electron chi connectivity index (χ4n) is 2.72. The van der Waals surface area contributed by atoms with E-state index < -0.39 is 0 Å². The summed E-state index contributed by atoms with van der Waals surface area (Å²) in [6.45, 7) is 1.94. The number of aryl methyl sites for hydroxylation is 2. The number of nitrogens with zero attached hydrogens (tertiary/aromatic N) is 1. The van der Waals surface area contributed by atoms with Crippen LogP contribution in [0.2, 0.25) is 5.15 Å². The Hall–Kier alpha value is -1.81. The van der Waals surface area contributed by atoms with Gasteiger partial charge >= 0.3 is 0 Å². The highest BCUT2D eigenvalue weighted by molar-refractivity contribution is 6.29. The van der Waals surface area contributed by atoms with Crippen LogP contribution in [0.3, 0.4) is 0 Å². The minimum absolute atomic E-state index is 0.0336. The zero-order chi connectivity index (χ0) is 14.1. The smallest absolute Gasteiger partial charge is 0.248 e. The number of hydrogen-bond donors (Lipinski definition) is 2. The molecular weight excluding hydrogens is 274 g/mol. The summed E-state index contributed by atoms with van der Waals surface area (Å²) in [4.78, 5) is 18.6. The maximum atomic E-state index is 11.4. The number of anilines is 1. The maximum absolute atomic E-state index is 11.4. The number of nitrogens with one attached hydrogen (secondary N) is 2. The predicted octanol–water partition coefficient (Wildman–Crippen LogP) is 3.22. The Morgan fingerprint density at radius 2 is 2.20 bits per heavy atom. The molecule has 0 bridgehead atoms. The van der Waals surface area contributed by atoms with Crippen molar-refractivity contribution in [2.45, 2.75) is 32.2 Å². The molecule has 4 nitrogen and oxygen atoms in total. The van der Waals surface area contributed by atoms with Gasteiger partial charge in [0.05, 0.1) is 17.4 Å². The van der Waals surface area contributed by atoms with Gasteiger partial charge in [-0.05, 0) is 49.9 Å². The summed E-state index contributed by atoms with van der Waals surface area (Å²) in [6.07, 6.45) is 3.03. The lowest BCUT2D eigenvalue weighted by Gasteiger charge is -2.27. The fraction of sp³-hybridized carbons (Fsp3) is 0.333. The molecule has 0 saturated heterocycles. The molecule has 3 rings (SSSR count). The third-order valence-corrected chi connectivity index (χ3v) is 3.92. The summed E-state index contributed by atoms with van der Waals surface area (Å²) < 4.78 is 0. The number of pyridine rings is 2. The SMILES string of the molecule is Cc1nc(Cl)ccc1NC1CCCc2[nH]c(=O)ccc21. The van der Waals surface area contributed by atoms with E-state index in [1.54, 1.807) is 12.1 Å². The van der Waals surface area contributed by atoms with Crippen molar-refractivity contribution >= 4 is 17.3 Å². The Bertz CT molecular complexity index is 696. The molecule has 0 aliphatic heterocycles. The van der Waals surface area contributed by atoms with Crippen molar-refractivity contribution in [3.05, 3.63) is 56.7 Å². The van der Waals surface area contributed by atoms with Crippen LogP contribution in [0, 0.1) is 6.92 Å². The molecule has 0 spiro atoms. The molecule has 1 atom stereocenters. The number of H-pyrrole nitrogens is 1. The summed E-state index contributed by atoms with van der Waals surface area (Å²) in [5.41, 5.74) is 4.05. The first-order chi connectivity index (χ1) is 9.63. The molecular formula is C15H16ClN3O. The van der Waals surface area contributed by atoms with Crippen LogP contribution >= 0.6 is 11.6 Å². The summed E-state index contributed by atoms with van der Waals surface area (Å²) in [5.74, 6) is 0. The van der Waals surface area contributed by atoms with Crippen molar-refractivity contribution in [2.24, 2.45) is 0 Å². The van der Waals surface area contributed by atoms with Gasteiger partial charge in [0.1, 0.15) is 5.15 Å². The molecule has 0 aromatic carbocycles. The highest BCUT2D eigenvalue weighted by atomic mass is 35.5. The minimum Gasteiger partial charge on any atom is -0.377 e. The van der Waals surface area contributed by atoms with Crippen LogP contribution in [0.5, 0.6) is 0 Å². The molecule has 2 aromatic rings. The zero-order valence-corrected chi connectivity index (χ0v) is 12.0. The van der Waals surface area contributed by atoms with Crippen molar-refractivity contribution in [2.75, 3.05) is 5.32 Å². The van der Waals surface area contributed by atoms with Gasteiger partial charge in [0.2, 0.25) is 5.56 Å². The monoisotopic (exact) mass is 289 g/mol. The van der Waals surface area contributed by atoms with Gasteiger partial charge in [-0.25, -0.2) is 4.98 Å². The first-order valence-corrected chi connectivity index (χ1v) is 7.13. The van der Waals surface area contributed by atoms with Crippen molar-refractivity contribution in [1.29, 1.82) is 0 Å². The van der Waals surface area contributed by atoms with Crippen LogP contribution in [0.4, 0.5) is 5.69 Å². The molecule has 2 aromatic heterocycles. The third-order valence-electron chi connectivity index (χ3n) is 3.71. The van der Waals surface area contributed by atoms with Gasteiger partial charge in [-0.1, -0.05) is 11.6 Å². The first kappa shape index (κ1) is 13.2. The molecule has 0 fully saturated rings. The van der Waals surface area contributed by atoms with Crippen LogP contribution in [0.15, 0.2) is 29.1 Å². The molecule has 1 aliphatic carbocycles. The Labute approximate surface area is 122 Å². The number of halogens is 1. The molecule has 0 amide bonds. The molecule has 1 unspecified atom stereocenters. The van der Waals surface area contributed by atoms with Crippen LogP contribution in [0.25, 0.3) is 0 Å². The average Bonchev–Trinajstić information content (AvgIpc) is 2.41. The Balaban J connectivity index is 1.91. The maximum Gasteiger partial charge on any atom is 0.248 e. The quantitative estimate of drug-likeness (QED) is 0.835. The standard InChI is InChI=1S/C15H16ClN3O/c1-9-11(6-7-14(16)17-9)18-12-3-2-4-13-10(12)5-8-15(20)19-13/h5-8,12,18H,2-4H2,1H3,(H,19,20).